The van der Waals surface area contributed by atoms with Crippen LogP contribution < -0.4 is 0 Å². The van der Waals surface area contributed by atoms with Crippen molar-refractivity contribution in [3.05, 3.63) is 34.6 Å². The summed E-state index contributed by atoms with van der Waals surface area (Å²) in [5.74, 6) is 1.06. The van der Waals surface area contributed by atoms with Gasteiger partial charge in [-0.2, -0.15) is 0 Å². The van der Waals surface area contributed by atoms with Gasteiger partial charge in [-0.25, -0.2) is 4.39 Å². The van der Waals surface area contributed by atoms with Crippen LogP contribution in [0.4, 0.5) is 4.39 Å². The van der Waals surface area contributed by atoms with E-state index in [0.717, 1.165) is 25.6 Å². The maximum absolute atomic E-state index is 14.0. The fourth-order valence-electron chi connectivity index (χ4n) is 4.20. The quantitative estimate of drug-likeness (QED) is 0.831. The summed E-state index contributed by atoms with van der Waals surface area (Å²) in [5.41, 5.74) is 0.329. The van der Waals surface area contributed by atoms with Crippen molar-refractivity contribution in [3.8, 4) is 0 Å². The topological polar surface area (TPSA) is 23.6 Å². The van der Waals surface area contributed by atoms with E-state index in [2.05, 4.69) is 4.90 Å². The van der Waals surface area contributed by atoms with E-state index in [4.69, 9.17) is 11.6 Å². The van der Waals surface area contributed by atoms with Crippen LogP contribution in [-0.2, 0) is 11.2 Å². The molecule has 3 aliphatic heterocycles. The van der Waals surface area contributed by atoms with E-state index in [9.17, 15) is 9.18 Å². The highest BCUT2D eigenvalue weighted by molar-refractivity contribution is 6.31. The number of hydrogen-bond acceptors (Lipinski definition) is 2. The molecule has 0 radical (unpaired) electrons. The molecular weight excluding hydrogens is 327 g/mol. The zero-order valence-corrected chi connectivity index (χ0v) is 14.6. The van der Waals surface area contributed by atoms with Crippen LogP contribution in [0.15, 0.2) is 18.2 Å². The molecule has 2 atom stereocenters. The van der Waals surface area contributed by atoms with Crippen molar-refractivity contribution in [3.63, 3.8) is 0 Å². The molecule has 3 saturated heterocycles. The van der Waals surface area contributed by atoms with Gasteiger partial charge in [0.1, 0.15) is 5.82 Å². The van der Waals surface area contributed by atoms with Crippen molar-refractivity contribution < 1.29 is 9.18 Å². The van der Waals surface area contributed by atoms with Gasteiger partial charge >= 0.3 is 0 Å². The lowest BCUT2D eigenvalue weighted by Crippen LogP contribution is -2.45. The Morgan fingerprint density at radius 1 is 1.17 bits per heavy atom. The van der Waals surface area contributed by atoms with E-state index < -0.39 is 0 Å². The highest BCUT2D eigenvalue weighted by atomic mass is 35.5. The molecule has 2 bridgehead atoms. The van der Waals surface area contributed by atoms with Crippen LogP contribution in [0.2, 0.25) is 5.02 Å². The Morgan fingerprint density at radius 3 is 2.75 bits per heavy atom. The van der Waals surface area contributed by atoms with Gasteiger partial charge < -0.3 is 4.90 Å². The number of amides is 1. The summed E-state index contributed by atoms with van der Waals surface area (Å²) in [4.78, 5) is 17.3. The van der Waals surface area contributed by atoms with Crippen LogP contribution in [0.1, 0.15) is 31.2 Å². The minimum absolute atomic E-state index is 0.00664. The average Bonchev–Trinajstić information content (AvgIpc) is 3.38. The van der Waals surface area contributed by atoms with Crippen molar-refractivity contribution in [2.45, 2.75) is 38.1 Å². The molecule has 1 aliphatic carbocycles. The van der Waals surface area contributed by atoms with Crippen LogP contribution in [0.25, 0.3) is 0 Å². The first-order valence-electron chi connectivity index (χ1n) is 9.05. The number of fused-ring (bicyclic) bond motifs is 4. The molecule has 1 aromatic rings. The van der Waals surface area contributed by atoms with Crippen LogP contribution >= 0.6 is 11.6 Å². The molecular formula is C19H24ClFN2O. The van der Waals surface area contributed by atoms with E-state index >= 15 is 0 Å². The first-order valence-corrected chi connectivity index (χ1v) is 9.42. The maximum Gasteiger partial charge on any atom is 0.227 e. The van der Waals surface area contributed by atoms with E-state index in [0.29, 0.717) is 22.5 Å². The van der Waals surface area contributed by atoms with Gasteiger partial charge in [-0.15, -0.1) is 0 Å². The Balaban J connectivity index is 1.45. The minimum Gasteiger partial charge on any atom is -0.341 e. The lowest BCUT2D eigenvalue weighted by Gasteiger charge is -2.36. The monoisotopic (exact) mass is 350 g/mol. The van der Waals surface area contributed by atoms with Crippen LogP contribution in [0, 0.1) is 17.7 Å². The fraction of sp³-hybridized carbons (Fsp3) is 0.632. The predicted octanol–water partition coefficient (Wildman–Crippen LogP) is 3.35. The summed E-state index contributed by atoms with van der Waals surface area (Å²) < 4.78 is 14.0. The molecule has 3 heterocycles. The largest absolute Gasteiger partial charge is 0.341 e. The van der Waals surface area contributed by atoms with E-state index in [1.165, 1.54) is 38.3 Å². The van der Waals surface area contributed by atoms with Crippen LogP contribution in [-0.4, -0.2) is 47.9 Å². The highest BCUT2D eigenvalue weighted by Crippen LogP contribution is 2.35. The second-order valence-corrected chi connectivity index (χ2v) is 8.08. The van der Waals surface area contributed by atoms with Crippen molar-refractivity contribution in [2.24, 2.45) is 11.8 Å². The minimum atomic E-state index is -0.385. The second-order valence-electron chi connectivity index (χ2n) is 7.67. The molecule has 1 saturated carbocycles. The van der Waals surface area contributed by atoms with Gasteiger partial charge in [-0.05, 0) is 49.7 Å². The molecule has 0 N–H and O–H groups in total. The molecule has 0 spiro atoms. The summed E-state index contributed by atoms with van der Waals surface area (Å²) in [6.07, 6.45) is 5.18. The summed E-state index contributed by atoms with van der Waals surface area (Å²) in [6, 6.07) is 5.08. The molecule has 24 heavy (non-hydrogen) atoms. The molecule has 4 fully saturated rings. The molecule has 4 aliphatic rings. The van der Waals surface area contributed by atoms with E-state index in [1.807, 2.05) is 4.90 Å². The maximum atomic E-state index is 14.0. The van der Waals surface area contributed by atoms with Crippen molar-refractivity contribution in [1.82, 2.24) is 9.80 Å². The predicted molar refractivity (Wildman–Crippen MR) is 92.5 cm³/mol. The number of halogens is 2. The van der Waals surface area contributed by atoms with Gasteiger partial charge in [0.15, 0.2) is 0 Å². The lowest BCUT2D eigenvalue weighted by atomic mass is 9.95. The standard InChI is InChI=1S/C19H24ClFN2O/c20-17-2-1-3-18(21)16(17)8-19(24)23-11-14-6-7-15(12-23)22(10-14)9-13-4-5-13/h1-3,13-15H,4-12H2/t14-,15-/m1/s1. The number of carbonyl (C=O) groups is 1. The molecule has 0 aromatic heterocycles. The molecule has 130 valence electrons. The third-order valence-corrected chi connectivity index (χ3v) is 6.11. The molecule has 5 heteroatoms. The number of carbonyl (C=O) groups excluding carboxylic acids is 1. The van der Waals surface area contributed by atoms with Gasteiger partial charge in [-0.3, -0.25) is 9.69 Å². The summed E-state index contributed by atoms with van der Waals surface area (Å²) in [6.45, 7) is 3.91. The number of rotatable bonds is 4. The fourth-order valence-corrected chi connectivity index (χ4v) is 4.43. The lowest BCUT2D eigenvalue weighted by molar-refractivity contribution is -0.130. The number of nitrogens with zero attached hydrogens (tertiary/aromatic N) is 2. The first-order chi connectivity index (χ1) is 11.6. The Labute approximate surface area is 147 Å². The second kappa shape index (κ2) is 6.64. The highest BCUT2D eigenvalue weighted by Gasteiger charge is 2.38. The summed E-state index contributed by atoms with van der Waals surface area (Å²) in [7, 11) is 0. The Bertz CT molecular complexity index is 614. The molecule has 0 unspecified atom stereocenters. The van der Waals surface area contributed by atoms with Crippen LogP contribution in [0.5, 0.6) is 0 Å². The van der Waals surface area contributed by atoms with Crippen molar-refractivity contribution in [1.29, 1.82) is 0 Å². The zero-order chi connectivity index (χ0) is 16.7. The molecule has 1 aromatic carbocycles. The smallest absolute Gasteiger partial charge is 0.227 e. The van der Waals surface area contributed by atoms with Gasteiger partial charge in [0.05, 0.1) is 6.42 Å². The number of hydrogen-bond donors (Lipinski definition) is 0. The Hall–Kier alpha value is -1.13. The SMILES string of the molecule is O=C(Cc1c(F)cccc1Cl)N1C[C@@H]2CC[C@H](C1)N(CC1CC1)C2. The van der Waals surface area contributed by atoms with E-state index in [1.54, 1.807) is 12.1 Å². The van der Waals surface area contributed by atoms with Crippen molar-refractivity contribution in [2.75, 3.05) is 26.2 Å². The Morgan fingerprint density at radius 2 is 2.00 bits per heavy atom. The number of benzene rings is 1. The zero-order valence-electron chi connectivity index (χ0n) is 13.9. The van der Waals surface area contributed by atoms with E-state index in [-0.39, 0.29) is 18.1 Å². The third kappa shape index (κ3) is 3.45. The van der Waals surface area contributed by atoms with Gasteiger partial charge in [0, 0.05) is 42.8 Å². The van der Waals surface area contributed by atoms with Gasteiger partial charge in [0.2, 0.25) is 5.91 Å². The molecule has 5 rings (SSSR count). The molecule has 1 amide bonds. The third-order valence-electron chi connectivity index (χ3n) is 5.76. The normalized spacial score (nSPS) is 27.3. The number of piperidine rings is 1. The van der Waals surface area contributed by atoms with Crippen molar-refractivity contribution >= 4 is 17.5 Å². The average molecular weight is 351 g/mol. The Kier molecular flexibility index (Phi) is 4.52. The summed E-state index contributed by atoms with van der Waals surface area (Å²) >= 11 is 6.08. The van der Waals surface area contributed by atoms with Gasteiger partial charge in [0.25, 0.3) is 0 Å². The molecule has 3 nitrogen and oxygen atoms in total. The van der Waals surface area contributed by atoms with Crippen LogP contribution in [0.3, 0.4) is 0 Å². The summed E-state index contributed by atoms with van der Waals surface area (Å²) in [5, 5.41) is 0.344. The van der Waals surface area contributed by atoms with Gasteiger partial charge in [-0.1, -0.05) is 17.7 Å². The first kappa shape index (κ1) is 16.3.